The van der Waals surface area contributed by atoms with Crippen LogP contribution in [0.25, 0.3) is 22.3 Å². The Morgan fingerprint density at radius 3 is 2.77 bits per heavy atom. The molecule has 0 saturated carbocycles. The second kappa shape index (κ2) is 6.07. The molecule has 0 bridgehead atoms. The van der Waals surface area contributed by atoms with Gasteiger partial charge in [0.1, 0.15) is 6.61 Å². The lowest BCUT2D eigenvalue weighted by molar-refractivity contribution is -0.157. The van der Waals surface area contributed by atoms with Crippen LogP contribution in [0.4, 0.5) is 0 Å². The topological polar surface area (TPSA) is 81.4 Å². The highest BCUT2D eigenvalue weighted by atomic mass is 16.5. The van der Waals surface area contributed by atoms with Gasteiger partial charge in [-0.1, -0.05) is 32.0 Å². The van der Waals surface area contributed by atoms with E-state index in [4.69, 9.17) is 4.74 Å². The standard InChI is InChI=1S/C18H12N2O4.C2H6/c21-16-11-6-14-15-10(5-9-3-1-2-4-13(9)19-15)7-20(14)17(22)12(11)8-24-18(16)23;1-2/h1-6,16,21H,7-8H2;1-2H3. The number of esters is 1. The Morgan fingerprint density at radius 2 is 1.96 bits per heavy atom. The first-order chi connectivity index (χ1) is 12.6. The molecule has 0 radical (unpaired) electrons. The van der Waals surface area contributed by atoms with Gasteiger partial charge >= 0.3 is 5.97 Å². The zero-order valence-electron chi connectivity index (χ0n) is 14.5. The van der Waals surface area contributed by atoms with Gasteiger partial charge in [-0.2, -0.15) is 0 Å². The summed E-state index contributed by atoms with van der Waals surface area (Å²) in [5, 5.41) is 11.1. The largest absolute Gasteiger partial charge is 0.458 e. The average molecular weight is 350 g/mol. The van der Waals surface area contributed by atoms with E-state index in [1.54, 1.807) is 10.6 Å². The van der Waals surface area contributed by atoms with E-state index in [0.717, 1.165) is 22.2 Å². The van der Waals surface area contributed by atoms with Crippen LogP contribution in [0, 0.1) is 0 Å². The number of aliphatic hydroxyl groups excluding tert-OH is 1. The maximum atomic E-state index is 12.8. The van der Waals surface area contributed by atoms with Crippen molar-refractivity contribution in [2.75, 3.05) is 0 Å². The molecular weight excluding hydrogens is 332 g/mol. The minimum absolute atomic E-state index is 0.101. The van der Waals surface area contributed by atoms with Crippen molar-refractivity contribution in [3.8, 4) is 11.4 Å². The number of hydrogen-bond acceptors (Lipinski definition) is 5. The van der Waals surface area contributed by atoms with Gasteiger partial charge in [-0.3, -0.25) is 4.79 Å². The Kier molecular flexibility index (Phi) is 3.85. The fourth-order valence-corrected chi connectivity index (χ4v) is 3.47. The van der Waals surface area contributed by atoms with Gasteiger partial charge in [0.2, 0.25) is 0 Å². The highest BCUT2D eigenvalue weighted by Gasteiger charge is 2.33. The van der Waals surface area contributed by atoms with E-state index >= 15 is 0 Å². The molecule has 4 heterocycles. The van der Waals surface area contributed by atoms with Crippen LogP contribution < -0.4 is 5.56 Å². The Morgan fingerprint density at radius 1 is 1.19 bits per heavy atom. The monoisotopic (exact) mass is 350 g/mol. The van der Waals surface area contributed by atoms with Gasteiger partial charge in [-0.05, 0) is 18.2 Å². The number of aromatic nitrogens is 2. The van der Waals surface area contributed by atoms with Crippen LogP contribution in [0.2, 0.25) is 0 Å². The summed E-state index contributed by atoms with van der Waals surface area (Å²) >= 11 is 0. The molecule has 1 unspecified atom stereocenters. The Labute approximate surface area is 149 Å². The Bertz CT molecular complexity index is 1100. The second-order valence-corrected chi connectivity index (χ2v) is 6.05. The maximum absolute atomic E-state index is 12.8. The molecule has 2 aromatic heterocycles. The third-order valence-corrected chi connectivity index (χ3v) is 4.69. The summed E-state index contributed by atoms with van der Waals surface area (Å²) in [5.74, 6) is -0.725. The van der Waals surface area contributed by atoms with Crippen LogP contribution in [0.1, 0.15) is 36.6 Å². The zero-order chi connectivity index (χ0) is 18.4. The minimum atomic E-state index is -1.42. The molecule has 2 aliphatic rings. The highest BCUT2D eigenvalue weighted by Crippen LogP contribution is 2.34. The summed E-state index contributed by atoms with van der Waals surface area (Å²) in [4.78, 5) is 29.0. The SMILES string of the molecule is CC.O=C1OCc2c(cc3n(c2=O)Cc2cc4ccccc4nc2-3)C1O. The molecule has 0 saturated heterocycles. The third kappa shape index (κ3) is 2.26. The van der Waals surface area contributed by atoms with E-state index in [-0.39, 0.29) is 12.2 Å². The van der Waals surface area contributed by atoms with Gasteiger partial charge in [0.15, 0.2) is 6.10 Å². The molecule has 1 atom stereocenters. The number of pyridine rings is 2. The number of carbonyl (C=O) groups is 1. The number of ether oxygens (including phenoxy) is 1. The summed E-state index contributed by atoms with van der Waals surface area (Å²) < 4.78 is 6.51. The number of para-hydroxylation sites is 1. The quantitative estimate of drug-likeness (QED) is 0.493. The predicted molar refractivity (Wildman–Crippen MR) is 96.6 cm³/mol. The molecule has 0 aliphatic carbocycles. The molecule has 132 valence electrons. The van der Waals surface area contributed by atoms with Crippen LogP contribution in [0.5, 0.6) is 0 Å². The van der Waals surface area contributed by atoms with E-state index in [1.807, 2.05) is 44.2 Å². The molecule has 0 fully saturated rings. The predicted octanol–water partition coefficient (Wildman–Crippen LogP) is 2.54. The first kappa shape index (κ1) is 16.5. The van der Waals surface area contributed by atoms with Crippen molar-refractivity contribution in [1.29, 1.82) is 0 Å². The van der Waals surface area contributed by atoms with Crippen LogP contribution >= 0.6 is 0 Å². The molecule has 0 spiro atoms. The van der Waals surface area contributed by atoms with E-state index in [2.05, 4.69) is 4.98 Å². The summed E-state index contributed by atoms with van der Waals surface area (Å²) in [6.07, 6.45) is -1.42. The van der Waals surface area contributed by atoms with Crippen molar-refractivity contribution in [3.63, 3.8) is 0 Å². The normalized spacial score (nSPS) is 16.9. The molecule has 5 rings (SSSR count). The van der Waals surface area contributed by atoms with Gasteiger partial charge in [0.25, 0.3) is 5.56 Å². The lowest BCUT2D eigenvalue weighted by Crippen LogP contribution is -2.32. The molecule has 1 aromatic carbocycles. The summed E-state index contributed by atoms with van der Waals surface area (Å²) in [6, 6.07) is 11.5. The fourth-order valence-electron chi connectivity index (χ4n) is 3.47. The number of carbonyl (C=O) groups excluding carboxylic acids is 1. The van der Waals surface area contributed by atoms with Crippen molar-refractivity contribution < 1.29 is 14.6 Å². The molecule has 0 amide bonds. The number of nitrogens with zero attached hydrogens (tertiary/aromatic N) is 2. The van der Waals surface area contributed by atoms with Crippen molar-refractivity contribution in [3.05, 3.63) is 63.4 Å². The molecule has 2 aliphatic heterocycles. The van der Waals surface area contributed by atoms with Crippen molar-refractivity contribution >= 4 is 16.9 Å². The number of rotatable bonds is 0. The minimum Gasteiger partial charge on any atom is -0.458 e. The van der Waals surface area contributed by atoms with Gasteiger partial charge in [-0.15, -0.1) is 0 Å². The van der Waals surface area contributed by atoms with E-state index in [1.165, 1.54) is 0 Å². The van der Waals surface area contributed by atoms with Crippen molar-refractivity contribution in [2.24, 2.45) is 0 Å². The van der Waals surface area contributed by atoms with E-state index in [0.29, 0.717) is 23.4 Å². The Hall–Kier alpha value is -2.99. The first-order valence-corrected chi connectivity index (χ1v) is 8.64. The van der Waals surface area contributed by atoms with Crippen LogP contribution in [-0.4, -0.2) is 20.6 Å². The molecular formula is C20H18N2O4. The fraction of sp³-hybridized carbons (Fsp3) is 0.250. The summed E-state index contributed by atoms with van der Waals surface area (Å²) in [7, 11) is 0. The van der Waals surface area contributed by atoms with Crippen LogP contribution in [0.15, 0.2) is 41.2 Å². The van der Waals surface area contributed by atoms with Gasteiger partial charge in [0.05, 0.1) is 29.0 Å². The molecule has 6 heteroatoms. The average Bonchev–Trinajstić information content (AvgIpc) is 3.03. The summed E-state index contributed by atoms with van der Waals surface area (Å²) in [5.41, 5.74) is 3.57. The molecule has 3 aromatic rings. The van der Waals surface area contributed by atoms with Crippen LogP contribution in [0.3, 0.4) is 0 Å². The lowest BCUT2D eigenvalue weighted by Gasteiger charge is -2.21. The number of cyclic esters (lactones) is 1. The van der Waals surface area contributed by atoms with Gasteiger partial charge < -0.3 is 14.4 Å². The number of aliphatic hydroxyl groups is 1. The van der Waals surface area contributed by atoms with E-state index < -0.39 is 12.1 Å². The number of hydrogen-bond donors (Lipinski definition) is 1. The summed E-state index contributed by atoms with van der Waals surface area (Å²) in [6.45, 7) is 4.33. The number of fused-ring (bicyclic) bond motifs is 5. The van der Waals surface area contributed by atoms with Gasteiger partial charge in [0, 0.05) is 16.5 Å². The van der Waals surface area contributed by atoms with Crippen LogP contribution in [-0.2, 0) is 22.7 Å². The second-order valence-electron chi connectivity index (χ2n) is 6.05. The smallest absolute Gasteiger partial charge is 0.340 e. The van der Waals surface area contributed by atoms with Crippen molar-refractivity contribution in [1.82, 2.24) is 9.55 Å². The van der Waals surface area contributed by atoms with E-state index in [9.17, 15) is 14.7 Å². The Balaban J connectivity index is 0.000000814. The molecule has 26 heavy (non-hydrogen) atoms. The molecule has 6 nitrogen and oxygen atoms in total. The molecule has 1 N–H and O–H groups in total. The highest BCUT2D eigenvalue weighted by molar-refractivity contribution is 5.84. The lowest BCUT2D eigenvalue weighted by atomic mass is 10.0. The first-order valence-electron chi connectivity index (χ1n) is 8.64. The maximum Gasteiger partial charge on any atom is 0.340 e. The number of benzene rings is 1. The zero-order valence-corrected chi connectivity index (χ0v) is 14.5. The van der Waals surface area contributed by atoms with Crippen molar-refractivity contribution in [2.45, 2.75) is 33.1 Å². The van der Waals surface area contributed by atoms with Gasteiger partial charge in [-0.25, -0.2) is 9.78 Å². The third-order valence-electron chi connectivity index (χ3n) is 4.69.